The fourth-order valence-corrected chi connectivity index (χ4v) is 0. The lowest BCUT2D eigenvalue weighted by Crippen LogP contribution is -1.99. The summed E-state index contributed by atoms with van der Waals surface area (Å²) < 4.78 is 0. The molecule has 0 rings (SSSR count). The molecule has 0 atom stereocenters. The second-order valence-corrected chi connectivity index (χ2v) is 2.15. The van der Waals surface area contributed by atoms with Crippen LogP contribution in [0.5, 0.6) is 0 Å². The van der Waals surface area contributed by atoms with Crippen molar-refractivity contribution in [2.24, 2.45) is 4.99 Å². The summed E-state index contributed by atoms with van der Waals surface area (Å²) in [5, 5.41) is 2.69. The Morgan fingerprint density at radius 3 is 1.45 bits per heavy atom. The monoisotopic (exact) mass is 159 g/mol. The summed E-state index contributed by atoms with van der Waals surface area (Å²) in [6.07, 6.45) is 1.62. The second-order valence-electron chi connectivity index (χ2n) is 2.15. The van der Waals surface area contributed by atoms with E-state index in [0.29, 0.717) is 0 Å². The van der Waals surface area contributed by atoms with Crippen molar-refractivity contribution in [2.45, 2.75) is 0 Å². The largest absolute Gasteiger partial charge is 0.394 e. The summed E-state index contributed by atoms with van der Waals surface area (Å²) in [6, 6.07) is 0. The van der Waals surface area contributed by atoms with Gasteiger partial charge in [-0.1, -0.05) is 6.58 Å². The molecule has 11 heavy (non-hydrogen) atoms. The Labute approximate surface area is 70.8 Å². The Morgan fingerprint density at radius 2 is 1.45 bits per heavy atom. The van der Waals surface area contributed by atoms with Gasteiger partial charge in [0.2, 0.25) is 0 Å². The fourth-order valence-electron chi connectivity index (χ4n) is 0. The first kappa shape index (κ1) is 16.6. The zero-order valence-electron chi connectivity index (χ0n) is 8.39. The number of hydrogen-bond acceptors (Lipinski definition) is 3. The summed E-state index contributed by atoms with van der Waals surface area (Å²) in [5.74, 6) is 0. The van der Waals surface area contributed by atoms with E-state index >= 15 is 0 Å². The zero-order valence-corrected chi connectivity index (χ0v) is 8.39. The van der Waals surface area contributed by atoms with E-state index in [0.717, 1.165) is 0 Å². The Kier molecular flexibility index (Phi) is 34.6. The van der Waals surface area contributed by atoms with E-state index in [1.165, 1.54) is 0 Å². The molecule has 3 nitrogen and oxygen atoms in total. The highest BCUT2D eigenvalue weighted by molar-refractivity contribution is 5.22. The summed E-state index contributed by atoms with van der Waals surface area (Å²) in [4.78, 5) is 5.25. The molecule has 0 aliphatic carbocycles. The summed E-state index contributed by atoms with van der Waals surface area (Å²) in [7, 11) is 9.45. The Morgan fingerprint density at radius 1 is 1.36 bits per heavy atom. The Bertz CT molecular complexity index is 67.0. The standard InChI is InChI=1S/C3H9N.C3H7N.C2H5N/c1-4(2)3;1-3-4-2;1-3-2/h1-3H3;3-4H,1H2,2H3;1H2,2H3. The summed E-state index contributed by atoms with van der Waals surface area (Å²) in [5.41, 5.74) is 0. The SMILES string of the molecule is C=CNC.C=NC.CN(C)C. The molecule has 0 aliphatic heterocycles. The van der Waals surface area contributed by atoms with E-state index in [9.17, 15) is 0 Å². The van der Waals surface area contributed by atoms with Crippen molar-refractivity contribution < 1.29 is 0 Å². The number of rotatable bonds is 1. The van der Waals surface area contributed by atoms with Crippen molar-refractivity contribution in [3.63, 3.8) is 0 Å². The van der Waals surface area contributed by atoms with E-state index in [1.54, 1.807) is 13.2 Å². The number of hydrogen-bond donors (Lipinski definition) is 1. The molecule has 0 amide bonds. The molecular formula is C8H21N3. The van der Waals surface area contributed by atoms with Gasteiger partial charge < -0.3 is 15.2 Å². The highest BCUT2D eigenvalue weighted by atomic mass is 15.0. The van der Waals surface area contributed by atoms with Crippen molar-refractivity contribution in [3.8, 4) is 0 Å². The minimum Gasteiger partial charge on any atom is -0.394 e. The Balaban J connectivity index is -0.0000000886. The highest BCUT2D eigenvalue weighted by Gasteiger charge is 1.58. The van der Waals surface area contributed by atoms with Crippen molar-refractivity contribution >= 4 is 6.72 Å². The molecule has 0 aromatic carbocycles. The van der Waals surface area contributed by atoms with Gasteiger partial charge in [-0.2, -0.15) is 0 Å². The maximum Gasteiger partial charge on any atom is 0.0269 e. The van der Waals surface area contributed by atoms with Crippen LogP contribution in [0.15, 0.2) is 17.8 Å². The lowest BCUT2D eigenvalue weighted by molar-refractivity contribution is 0.505. The topological polar surface area (TPSA) is 27.6 Å². The zero-order chi connectivity index (χ0) is 9.70. The van der Waals surface area contributed by atoms with Crippen LogP contribution >= 0.6 is 0 Å². The van der Waals surface area contributed by atoms with Crippen LogP contribution in [0.4, 0.5) is 0 Å². The third-order valence-electron chi connectivity index (χ3n) is 0.204. The average molecular weight is 159 g/mol. The van der Waals surface area contributed by atoms with E-state index in [1.807, 2.05) is 33.1 Å². The molecule has 0 radical (unpaired) electrons. The quantitative estimate of drug-likeness (QED) is 0.574. The minimum absolute atomic E-state index is 1.62. The first-order chi connectivity index (χ1) is 5.06. The second kappa shape index (κ2) is 22.9. The molecule has 0 spiro atoms. The van der Waals surface area contributed by atoms with Crippen LogP contribution in [0.25, 0.3) is 0 Å². The van der Waals surface area contributed by atoms with Crippen LogP contribution in [0.2, 0.25) is 0 Å². The smallest absolute Gasteiger partial charge is 0.0269 e. The number of nitrogens with zero attached hydrogens (tertiary/aromatic N) is 2. The normalized spacial score (nSPS) is 6.36. The van der Waals surface area contributed by atoms with Crippen molar-refractivity contribution in [1.29, 1.82) is 0 Å². The van der Waals surface area contributed by atoms with Crippen LogP contribution in [-0.4, -0.2) is 46.9 Å². The van der Waals surface area contributed by atoms with Gasteiger partial charge >= 0.3 is 0 Å². The maximum absolute atomic E-state index is 3.37. The maximum atomic E-state index is 3.37. The van der Waals surface area contributed by atoms with Gasteiger partial charge in [0, 0.05) is 14.1 Å². The average Bonchev–Trinajstić information content (AvgIpc) is 1.88. The molecule has 68 valence electrons. The van der Waals surface area contributed by atoms with Crippen molar-refractivity contribution in [1.82, 2.24) is 10.2 Å². The third kappa shape index (κ3) is 16300. The molecule has 1 N–H and O–H groups in total. The third-order valence-corrected chi connectivity index (χ3v) is 0.204. The molecule has 0 aromatic heterocycles. The van der Waals surface area contributed by atoms with Gasteiger partial charge in [-0.15, -0.1) is 0 Å². The van der Waals surface area contributed by atoms with Crippen molar-refractivity contribution in [3.05, 3.63) is 12.8 Å². The van der Waals surface area contributed by atoms with Crippen LogP contribution in [0, 0.1) is 0 Å². The molecule has 0 heterocycles. The number of nitrogens with one attached hydrogen (secondary N) is 1. The molecular weight excluding hydrogens is 138 g/mol. The van der Waals surface area contributed by atoms with E-state index < -0.39 is 0 Å². The predicted molar refractivity (Wildman–Crippen MR) is 54.3 cm³/mol. The molecule has 0 aliphatic rings. The molecule has 0 unspecified atom stereocenters. The number of aliphatic imine (C=N–C) groups is 1. The molecule has 0 bridgehead atoms. The van der Waals surface area contributed by atoms with Gasteiger partial charge in [-0.3, -0.25) is 0 Å². The van der Waals surface area contributed by atoms with Crippen LogP contribution in [0.1, 0.15) is 0 Å². The van der Waals surface area contributed by atoms with Gasteiger partial charge in [0.25, 0.3) is 0 Å². The van der Waals surface area contributed by atoms with E-state index in [-0.39, 0.29) is 0 Å². The van der Waals surface area contributed by atoms with Crippen LogP contribution < -0.4 is 5.32 Å². The summed E-state index contributed by atoms with van der Waals surface area (Å²) in [6.45, 7) is 6.48. The molecule has 0 aromatic rings. The van der Waals surface area contributed by atoms with E-state index in [2.05, 4.69) is 23.6 Å². The van der Waals surface area contributed by atoms with Gasteiger partial charge in [0.15, 0.2) is 0 Å². The molecule has 0 fully saturated rings. The highest BCUT2D eigenvalue weighted by Crippen LogP contribution is 1.47. The van der Waals surface area contributed by atoms with Crippen LogP contribution in [0.3, 0.4) is 0 Å². The first-order valence-electron chi connectivity index (χ1n) is 3.30. The molecule has 0 saturated carbocycles. The van der Waals surface area contributed by atoms with E-state index in [4.69, 9.17) is 0 Å². The van der Waals surface area contributed by atoms with Gasteiger partial charge in [-0.25, -0.2) is 0 Å². The first-order valence-corrected chi connectivity index (χ1v) is 3.30. The van der Waals surface area contributed by atoms with Crippen LogP contribution in [-0.2, 0) is 0 Å². The summed E-state index contributed by atoms with van der Waals surface area (Å²) >= 11 is 0. The predicted octanol–water partition coefficient (Wildman–Crippen LogP) is 0.844. The lowest BCUT2D eigenvalue weighted by atomic mass is 11.0. The molecule has 0 saturated heterocycles. The Hall–Kier alpha value is -0.830. The lowest BCUT2D eigenvalue weighted by Gasteiger charge is -1.90. The minimum atomic E-state index is 1.62. The van der Waals surface area contributed by atoms with Crippen molar-refractivity contribution in [2.75, 3.05) is 35.2 Å². The van der Waals surface area contributed by atoms with Gasteiger partial charge in [0.1, 0.15) is 0 Å². The molecule has 3 heteroatoms. The fraction of sp³-hybridized carbons (Fsp3) is 0.625. The van der Waals surface area contributed by atoms with Gasteiger partial charge in [-0.05, 0) is 34.1 Å². The van der Waals surface area contributed by atoms with Gasteiger partial charge in [0.05, 0.1) is 0 Å².